The Morgan fingerprint density at radius 2 is 1.50 bits per heavy atom. The van der Waals surface area contributed by atoms with Gasteiger partial charge in [0.1, 0.15) is 5.82 Å². The van der Waals surface area contributed by atoms with Crippen molar-refractivity contribution in [2.45, 2.75) is 59.3 Å². The van der Waals surface area contributed by atoms with E-state index in [4.69, 9.17) is 5.10 Å². The molecule has 8 heteroatoms. The van der Waals surface area contributed by atoms with Crippen LogP contribution in [0.25, 0.3) is 5.69 Å². The second-order valence-electron chi connectivity index (χ2n) is 12.7. The average Bonchev–Trinajstić information content (AvgIpc) is 3.43. The fourth-order valence-electron chi connectivity index (χ4n) is 5.51. The second kappa shape index (κ2) is 13.4. The van der Waals surface area contributed by atoms with Crippen LogP contribution in [0.3, 0.4) is 0 Å². The predicted octanol–water partition coefficient (Wildman–Crippen LogP) is 7.65. The molecule has 1 aliphatic heterocycles. The van der Waals surface area contributed by atoms with E-state index < -0.39 is 0 Å². The number of aryl methyl sites for hydroxylation is 1. The van der Waals surface area contributed by atoms with Crippen molar-refractivity contribution in [2.75, 3.05) is 35.6 Å². The molecule has 1 saturated heterocycles. The lowest BCUT2D eigenvalue weighted by molar-refractivity contribution is 0.0690. The van der Waals surface area contributed by atoms with E-state index in [0.29, 0.717) is 11.7 Å². The number of benzene rings is 3. The van der Waals surface area contributed by atoms with Crippen molar-refractivity contribution in [2.24, 2.45) is 5.92 Å². The van der Waals surface area contributed by atoms with Crippen LogP contribution in [0.4, 0.5) is 22.0 Å². The number of likely N-dealkylation sites (tertiary alicyclic amines) is 1. The van der Waals surface area contributed by atoms with E-state index in [1.54, 1.807) is 4.68 Å². The second-order valence-corrected chi connectivity index (χ2v) is 12.7. The zero-order valence-electron chi connectivity index (χ0n) is 26.5. The molecule has 3 N–H and O–H groups in total. The standard InChI is InChI=1S/C36H44N6O2/c1-6-37-29-15-11-28(12-16-29)34(43)41-21-19-27(20-22-41)23-26-9-13-30(14-10-26)38-35(44)39-33-24-32(36(3,4)5)40-42(33)31-17-7-25(2)8-18-31/h7-18,24,27,37H,6,19-23H2,1-5H3,(H2,38,39,44). The zero-order valence-corrected chi connectivity index (χ0v) is 26.5. The van der Waals surface area contributed by atoms with Gasteiger partial charge in [-0.3, -0.25) is 10.1 Å². The maximum Gasteiger partial charge on any atom is 0.324 e. The van der Waals surface area contributed by atoms with Gasteiger partial charge in [-0.1, -0.05) is 50.6 Å². The van der Waals surface area contributed by atoms with Crippen LogP contribution < -0.4 is 16.0 Å². The molecule has 3 amide bonds. The van der Waals surface area contributed by atoms with Crippen molar-refractivity contribution in [3.05, 3.63) is 101 Å². The van der Waals surface area contributed by atoms with Crippen LogP contribution in [-0.2, 0) is 11.8 Å². The van der Waals surface area contributed by atoms with Crippen LogP contribution in [-0.4, -0.2) is 46.3 Å². The molecule has 0 aliphatic carbocycles. The van der Waals surface area contributed by atoms with Crippen LogP contribution in [0.2, 0.25) is 0 Å². The molecule has 1 fully saturated rings. The minimum atomic E-state index is -0.320. The Labute approximate surface area is 260 Å². The van der Waals surface area contributed by atoms with Gasteiger partial charge in [0.25, 0.3) is 5.91 Å². The van der Waals surface area contributed by atoms with Crippen LogP contribution in [0.1, 0.15) is 67.7 Å². The van der Waals surface area contributed by atoms with E-state index in [-0.39, 0.29) is 17.4 Å². The molecule has 2 heterocycles. The molecule has 0 radical (unpaired) electrons. The molecule has 3 aromatic carbocycles. The fourth-order valence-corrected chi connectivity index (χ4v) is 5.51. The lowest BCUT2D eigenvalue weighted by Gasteiger charge is -2.32. The van der Waals surface area contributed by atoms with E-state index in [9.17, 15) is 9.59 Å². The van der Waals surface area contributed by atoms with Crippen LogP contribution in [0, 0.1) is 12.8 Å². The van der Waals surface area contributed by atoms with Crippen LogP contribution in [0.15, 0.2) is 78.9 Å². The van der Waals surface area contributed by atoms with E-state index in [1.165, 1.54) is 5.56 Å². The predicted molar refractivity (Wildman–Crippen MR) is 179 cm³/mol. The smallest absolute Gasteiger partial charge is 0.324 e. The van der Waals surface area contributed by atoms with Gasteiger partial charge in [0.15, 0.2) is 0 Å². The first-order chi connectivity index (χ1) is 21.1. The fraction of sp³-hybridized carbons (Fsp3) is 0.361. The summed E-state index contributed by atoms with van der Waals surface area (Å²) in [6.07, 6.45) is 2.92. The summed E-state index contributed by atoms with van der Waals surface area (Å²) in [5.74, 6) is 1.25. The molecule has 0 atom stereocenters. The first-order valence-electron chi connectivity index (χ1n) is 15.6. The molecule has 8 nitrogen and oxygen atoms in total. The molecule has 1 aliphatic rings. The molecule has 0 bridgehead atoms. The molecular formula is C36H44N6O2. The number of anilines is 3. The Hall–Kier alpha value is -4.59. The number of carbonyl (C=O) groups is 2. The summed E-state index contributed by atoms with van der Waals surface area (Å²) in [7, 11) is 0. The number of rotatable bonds is 8. The Morgan fingerprint density at radius 3 is 2.11 bits per heavy atom. The highest BCUT2D eigenvalue weighted by atomic mass is 16.2. The average molecular weight is 593 g/mol. The van der Waals surface area contributed by atoms with Gasteiger partial charge in [0.05, 0.1) is 11.4 Å². The molecule has 44 heavy (non-hydrogen) atoms. The van der Waals surface area contributed by atoms with Crippen molar-refractivity contribution in [1.29, 1.82) is 0 Å². The first kappa shape index (κ1) is 30.9. The third-order valence-corrected chi connectivity index (χ3v) is 8.15. The topological polar surface area (TPSA) is 91.3 Å². The summed E-state index contributed by atoms with van der Waals surface area (Å²) in [6, 6.07) is 25.5. The minimum Gasteiger partial charge on any atom is -0.385 e. The monoisotopic (exact) mass is 592 g/mol. The molecule has 4 aromatic rings. The molecular weight excluding hydrogens is 548 g/mol. The number of carbonyl (C=O) groups excluding carboxylic acids is 2. The number of piperidine rings is 1. The zero-order chi connectivity index (χ0) is 31.3. The number of urea groups is 1. The summed E-state index contributed by atoms with van der Waals surface area (Å²) in [5.41, 5.74) is 6.51. The summed E-state index contributed by atoms with van der Waals surface area (Å²) in [6.45, 7) is 12.8. The van der Waals surface area contributed by atoms with Gasteiger partial charge in [-0.15, -0.1) is 0 Å². The molecule has 0 unspecified atom stereocenters. The number of amides is 3. The maximum atomic E-state index is 13.0. The van der Waals surface area contributed by atoms with Gasteiger partial charge in [-0.2, -0.15) is 5.10 Å². The lowest BCUT2D eigenvalue weighted by atomic mass is 9.90. The van der Waals surface area contributed by atoms with Gasteiger partial charge in [-0.25, -0.2) is 9.48 Å². The van der Waals surface area contributed by atoms with Gasteiger partial charge >= 0.3 is 6.03 Å². The van der Waals surface area contributed by atoms with E-state index in [1.807, 2.05) is 78.6 Å². The van der Waals surface area contributed by atoms with Crippen molar-refractivity contribution in [1.82, 2.24) is 14.7 Å². The lowest BCUT2D eigenvalue weighted by Crippen LogP contribution is -2.38. The highest BCUT2D eigenvalue weighted by Crippen LogP contribution is 2.27. The summed E-state index contributed by atoms with van der Waals surface area (Å²) in [5, 5.41) is 14.0. The number of hydrogen-bond acceptors (Lipinski definition) is 4. The Morgan fingerprint density at radius 1 is 0.864 bits per heavy atom. The maximum absolute atomic E-state index is 13.0. The molecule has 1 aromatic heterocycles. The van der Waals surface area contributed by atoms with Gasteiger partial charge in [-0.05, 0) is 93.1 Å². The first-order valence-corrected chi connectivity index (χ1v) is 15.6. The SMILES string of the molecule is CCNc1ccc(C(=O)N2CCC(Cc3ccc(NC(=O)Nc4cc(C(C)(C)C)nn4-c4ccc(C)cc4)cc3)CC2)cc1. The summed E-state index contributed by atoms with van der Waals surface area (Å²) < 4.78 is 1.78. The Bertz CT molecular complexity index is 1560. The quantitative estimate of drug-likeness (QED) is 0.196. The van der Waals surface area contributed by atoms with Crippen molar-refractivity contribution < 1.29 is 9.59 Å². The summed E-state index contributed by atoms with van der Waals surface area (Å²) >= 11 is 0. The molecule has 5 rings (SSSR count). The van der Waals surface area contributed by atoms with Gasteiger partial charge in [0, 0.05) is 48.1 Å². The van der Waals surface area contributed by atoms with Gasteiger partial charge in [0.2, 0.25) is 0 Å². The van der Waals surface area contributed by atoms with E-state index in [2.05, 4.69) is 55.8 Å². The van der Waals surface area contributed by atoms with Crippen LogP contribution >= 0.6 is 0 Å². The largest absolute Gasteiger partial charge is 0.385 e. The van der Waals surface area contributed by atoms with Crippen molar-refractivity contribution >= 4 is 29.1 Å². The number of aromatic nitrogens is 2. The molecule has 0 saturated carbocycles. The minimum absolute atomic E-state index is 0.108. The highest BCUT2D eigenvalue weighted by molar-refractivity contribution is 5.99. The third-order valence-electron chi connectivity index (χ3n) is 8.15. The van der Waals surface area contributed by atoms with Crippen molar-refractivity contribution in [3.63, 3.8) is 0 Å². The van der Waals surface area contributed by atoms with Gasteiger partial charge < -0.3 is 15.5 Å². The summed E-state index contributed by atoms with van der Waals surface area (Å²) in [4.78, 5) is 28.0. The number of nitrogens with zero attached hydrogens (tertiary/aromatic N) is 3. The Balaban J connectivity index is 1.14. The Kier molecular flexibility index (Phi) is 9.37. The number of nitrogens with one attached hydrogen (secondary N) is 3. The third kappa shape index (κ3) is 7.67. The van der Waals surface area contributed by atoms with E-state index in [0.717, 1.165) is 72.8 Å². The van der Waals surface area contributed by atoms with Crippen molar-refractivity contribution in [3.8, 4) is 5.69 Å². The van der Waals surface area contributed by atoms with E-state index >= 15 is 0 Å². The number of hydrogen-bond donors (Lipinski definition) is 3. The molecule has 0 spiro atoms. The molecule has 230 valence electrons. The highest BCUT2D eigenvalue weighted by Gasteiger charge is 2.24. The normalized spacial score (nSPS) is 13.9. The van der Waals surface area contributed by atoms with Crippen LogP contribution in [0.5, 0.6) is 0 Å².